The van der Waals surface area contributed by atoms with E-state index in [-0.39, 0.29) is 0 Å². The number of rotatable bonds is 5. The standard InChI is InChI=1S/C17H16INO2S/c1-21-15-8-14(11-20)17-13(7-12-5-3-2-4-6-12)10-19(22-18)16(17)9-15/h2-6,8-9,11,13H,7,10H2,1H3/t13-/m0/s1. The number of methoxy groups -OCH3 is 1. The van der Waals surface area contributed by atoms with Gasteiger partial charge in [0.15, 0.2) is 6.29 Å². The molecule has 22 heavy (non-hydrogen) atoms. The molecule has 0 spiro atoms. The summed E-state index contributed by atoms with van der Waals surface area (Å²) < 4.78 is 7.57. The average molecular weight is 425 g/mol. The number of halogens is 1. The van der Waals surface area contributed by atoms with Crippen LogP contribution in [0.2, 0.25) is 0 Å². The quantitative estimate of drug-likeness (QED) is 0.396. The molecule has 0 unspecified atom stereocenters. The highest BCUT2D eigenvalue weighted by Crippen LogP contribution is 2.46. The van der Waals surface area contributed by atoms with E-state index in [1.54, 1.807) is 16.2 Å². The SMILES string of the molecule is COc1cc(C=O)c2c(c1)N(SI)C[C@@H]2Cc1ccccc1. The van der Waals surface area contributed by atoms with E-state index in [9.17, 15) is 4.79 Å². The first-order valence-electron chi connectivity index (χ1n) is 7.04. The van der Waals surface area contributed by atoms with Gasteiger partial charge < -0.3 is 9.04 Å². The Kier molecular flexibility index (Phi) is 4.93. The molecule has 0 fully saturated rings. The highest BCUT2D eigenvalue weighted by Gasteiger charge is 2.32. The van der Waals surface area contributed by atoms with Crippen molar-refractivity contribution in [3.8, 4) is 5.75 Å². The van der Waals surface area contributed by atoms with Crippen molar-refractivity contribution < 1.29 is 9.53 Å². The fourth-order valence-electron chi connectivity index (χ4n) is 3.02. The van der Waals surface area contributed by atoms with Crippen molar-refractivity contribution in [2.24, 2.45) is 0 Å². The summed E-state index contributed by atoms with van der Waals surface area (Å²) in [7, 11) is 3.29. The van der Waals surface area contributed by atoms with E-state index in [1.807, 2.05) is 18.2 Å². The number of carbonyl (C=O) groups is 1. The van der Waals surface area contributed by atoms with Gasteiger partial charge in [0.25, 0.3) is 0 Å². The van der Waals surface area contributed by atoms with E-state index >= 15 is 0 Å². The molecule has 5 heteroatoms. The van der Waals surface area contributed by atoms with Gasteiger partial charge in [-0.25, -0.2) is 0 Å². The van der Waals surface area contributed by atoms with Gasteiger partial charge in [-0.05, 0) is 23.6 Å². The van der Waals surface area contributed by atoms with Gasteiger partial charge >= 0.3 is 0 Å². The first kappa shape index (κ1) is 15.7. The van der Waals surface area contributed by atoms with Gasteiger partial charge in [0, 0.05) is 54.4 Å². The topological polar surface area (TPSA) is 29.5 Å². The van der Waals surface area contributed by atoms with E-state index in [2.05, 4.69) is 49.8 Å². The Labute approximate surface area is 146 Å². The molecule has 1 atom stereocenters. The van der Waals surface area contributed by atoms with Crippen LogP contribution in [0.5, 0.6) is 5.75 Å². The molecule has 0 aromatic heterocycles. The molecule has 0 bridgehead atoms. The Hall–Kier alpha value is -1.21. The van der Waals surface area contributed by atoms with Crippen molar-refractivity contribution in [2.75, 3.05) is 18.0 Å². The Bertz CT molecular complexity index is 678. The Morgan fingerprint density at radius 2 is 2.14 bits per heavy atom. The Balaban J connectivity index is 2.02. The van der Waals surface area contributed by atoms with Crippen LogP contribution >= 0.6 is 30.3 Å². The van der Waals surface area contributed by atoms with Crippen molar-refractivity contribution in [1.29, 1.82) is 0 Å². The van der Waals surface area contributed by atoms with Crippen molar-refractivity contribution in [3.05, 3.63) is 59.2 Å². The summed E-state index contributed by atoms with van der Waals surface area (Å²) in [6, 6.07) is 14.3. The molecule has 2 aromatic carbocycles. The maximum atomic E-state index is 11.5. The lowest BCUT2D eigenvalue weighted by atomic mass is 9.90. The van der Waals surface area contributed by atoms with Crippen LogP contribution in [0.25, 0.3) is 0 Å². The molecule has 114 valence electrons. The zero-order valence-electron chi connectivity index (χ0n) is 12.2. The fourth-order valence-corrected chi connectivity index (χ4v) is 4.60. The molecule has 0 saturated heterocycles. The van der Waals surface area contributed by atoms with Gasteiger partial charge in [0.05, 0.1) is 12.8 Å². The number of ether oxygens (including phenoxy) is 1. The second-order valence-electron chi connectivity index (χ2n) is 5.28. The number of aldehydes is 1. The highest BCUT2D eigenvalue weighted by molar-refractivity contribution is 14.2. The summed E-state index contributed by atoms with van der Waals surface area (Å²) in [4.78, 5) is 11.5. The summed E-state index contributed by atoms with van der Waals surface area (Å²) >= 11 is 2.29. The fraction of sp³-hybridized carbons (Fsp3) is 0.235. The lowest BCUT2D eigenvalue weighted by Gasteiger charge is -2.14. The second kappa shape index (κ2) is 6.91. The zero-order chi connectivity index (χ0) is 15.5. The number of hydrogen-bond acceptors (Lipinski definition) is 4. The van der Waals surface area contributed by atoms with Crippen molar-refractivity contribution in [2.45, 2.75) is 12.3 Å². The molecule has 1 heterocycles. The monoisotopic (exact) mass is 425 g/mol. The van der Waals surface area contributed by atoms with E-state index in [4.69, 9.17) is 4.74 Å². The number of hydrogen-bond donors (Lipinski definition) is 0. The van der Waals surface area contributed by atoms with Crippen LogP contribution in [0, 0.1) is 0 Å². The van der Waals surface area contributed by atoms with Crippen LogP contribution in [-0.4, -0.2) is 19.9 Å². The Morgan fingerprint density at radius 3 is 2.77 bits per heavy atom. The van der Waals surface area contributed by atoms with Gasteiger partial charge in [0.2, 0.25) is 0 Å². The van der Waals surface area contributed by atoms with E-state index in [0.29, 0.717) is 5.92 Å². The summed E-state index contributed by atoms with van der Waals surface area (Å²) in [5.74, 6) is 1.06. The van der Waals surface area contributed by atoms with Crippen LogP contribution in [0.15, 0.2) is 42.5 Å². The number of fused-ring (bicyclic) bond motifs is 1. The van der Waals surface area contributed by atoms with E-state index < -0.39 is 0 Å². The van der Waals surface area contributed by atoms with Crippen molar-refractivity contribution >= 4 is 42.3 Å². The van der Waals surface area contributed by atoms with Gasteiger partial charge in [-0.1, -0.05) is 30.3 Å². The minimum atomic E-state index is 0.325. The van der Waals surface area contributed by atoms with Crippen LogP contribution < -0.4 is 9.04 Å². The van der Waals surface area contributed by atoms with Gasteiger partial charge in [0.1, 0.15) is 5.75 Å². The van der Waals surface area contributed by atoms with Crippen LogP contribution in [0.3, 0.4) is 0 Å². The average Bonchev–Trinajstić information content (AvgIpc) is 2.92. The smallest absolute Gasteiger partial charge is 0.150 e. The molecule has 3 rings (SSSR count). The number of carbonyl (C=O) groups excluding carboxylic acids is 1. The van der Waals surface area contributed by atoms with E-state index in [1.165, 1.54) is 5.56 Å². The summed E-state index contributed by atoms with van der Waals surface area (Å²) in [6.45, 7) is 0.909. The van der Waals surface area contributed by atoms with Crippen LogP contribution in [-0.2, 0) is 6.42 Å². The highest BCUT2D eigenvalue weighted by atomic mass is 127. The third-order valence-corrected chi connectivity index (χ3v) is 5.94. The molecule has 3 nitrogen and oxygen atoms in total. The van der Waals surface area contributed by atoms with Crippen LogP contribution in [0.4, 0.5) is 5.69 Å². The maximum Gasteiger partial charge on any atom is 0.150 e. The van der Waals surface area contributed by atoms with Crippen molar-refractivity contribution in [1.82, 2.24) is 0 Å². The predicted molar refractivity (Wildman–Crippen MR) is 100 cm³/mol. The third-order valence-electron chi connectivity index (χ3n) is 4.00. The Morgan fingerprint density at radius 1 is 1.36 bits per heavy atom. The molecular formula is C17H16INO2S. The number of anilines is 1. The molecule has 2 aromatic rings. The predicted octanol–water partition coefficient (Wildman–Crippen LogP) is 4.65. The molecule has 0 N–H and O–H groups in total. The van der Waals surface area contributed by atoms with Gasteiger partial charge in [-0.3, -0.25) is 4.79 Å². The third kappa shape index (κ3) is 2.96. The normalized spacial score (nSPS) is 16.5. The maximum absolute atomic E-state index is 11.5. The molecule has 0 aliphatic carbocycles. The molecule has 1 aliphatic heterocycles. The van der Waals surface area contributed by atoms with Crippen molar-refractivity contribution in [3.63, 3.8) is 0 Å². The van der Waals surface area contributed by atoms with Crippen LogP contribution in [0.1, 0.15) is 27.4 Å². The minimum Gasteiger partial charge on any atom is -0.497 e. The second-order valence-corrected chi connectivity index (χ2v) is 7.04. The summed E-state index contributed by atoms with van der Waals surface area (Å²) in [6.07, 6.45) is 1.88. The molecule has 0 saturated carbocycles. The molecule has 1 aliphatic rings. The first-order chi connectivity index (χ1) is 10.8. The lowest BCUT2D eigenvalue weighted by Crippen LogP contribution is -2.12. The lowest BCUT2D eigenvalue weighted by molar-refractivity contribution is 0.112. The number of benzene rings is 2. The first-order valence-corrected chi connectivity index (χ1v) is 10.4. The molecule has 0 radical (unpaired) electrons. The summed E-state index contributed by atoms with van der Waals surface area (Å²) in [5.41, 5.74) is 4.28. The largest absolute Gasteiger partial charge is 0.497 e. The zero-order valence-corrected chi connectivity index (χ0v) is 15.1. The summed E-state index contributed by atoms with van der Waals surface area (Å²) in [5, 5.41) is 0. The van der Waals surface area contributed by atoms with Gasteiger partial charge in [-0.15, -0.1) is 0 Å². The minimum absolute atomic E-state index is 0.325. The molecule has 0 amide bonds. The van der Waals surface area contributed by atoms with Gasteiger partial charge in [-0.2, -0.15) is 0 Å². The van der Waals surface area contributed by atoms with E-state index in [0.717, 1.165) is 41.8 Å². The number of nitrogens with zero attached hydrogens (tertiary/aromatic N) is 1. The molecular weight excluding hydrogens is 409 g/mol.